The number of aromatic nitrogens is 5. The minimum atomic E-state index is -0.697. The molecule has 2 aromatic carbocycles. The van der Waals surface area contributed by atoms with Gasteiger partial charge in [-0.3, -0.25) is 4.79 Å². The highest BCUT2D eigenvalue weighted by Gasteiger charge is 2.38. The lowest BCUT2D eigenvalue weighted by Gasteiger charge is -2.30. The maximum Gasteiger partial charge on any atom is 0.408 e. The van der Waals surface area contributed by atoms with Crippen molar-refractivity contribution in [1.29, 1.82) is 0 Å². The van der Waals surface area contributed by atoms with Gasteiger partial charge in [0, 0.05) is 24.2 Å². The third-order valence-electron chi connectivity index (χ3n) is 10.9. The van der Waals surface area contributed by atoms with Crippen LogP contribution in [-0.4, -0.2) is 98.4 Å². The molecule has 0 bridgehead atoms. The van der Waals surface area contributed by atoms with Crippen LogP contribution in [0.25, 0.3) is 44.5 Å². The van der Waals surface area contributed by atoms with Crippen LogP contribution in [-0.2, 0) is 14.3 Å². The van der Waals surface area contributed by atoms with Crippen molar-refractivity contribution in [1.82, 2.24) is 50.7 Å². The Morgan fingerprint density at radius 2 is 1.38 bits per heavy atom. The molecular weight excluding hydrogens is 764 g/mol. The number of benzene rings is 2. The predicted molar refractivity (Wildman–Crippen MR) is 221 cm³/mol. The molecule has 3 aromatic heterocycles. The molecule has 58 heavy (non-hydrogen) atoms. The summed E-state index contributed by atoms with van der Waals surface area (Å²) in [5.41, 5.74) is 4.88. The average Bonchev–Trinajstić information content (AvgIpc) is 4.04. The van der Waals surface area contributed by atoms with Crippen LogP contribution in [0.1, 0.15) is 77.1 Å². The van der Waals surface area contributed by atoms with Crippen molar-refractivity contribution >= 4 is 58.5 Å². The van der Waals surface area contributed by atoms with Gasteiger partial charge in [0.05, 0.1) is 49.4 Å². The van der Waals surface area contributed by atoms with Crippen LogP contribution in [0.4, 0.5) is 14.4 Å². The number of H-pyrrole nitrogens is 2. The van der Waals surface area contributed by atoms with E-state index in [9.17, 15) is 19.2 Å². The van der Waals surface area contributed by atoms with Gasteiger partial charge in [-0.15, -0.1) is 12.4 Å². The van der Waals surface area contributed by atoms with Crippen molar-refractivity contribution in [3.05, 3.63) is 66.4 Å². The molecule has 2 aliphatic heterocycles. The van der Waals surface area contributed by atoms with E-state index in [-0.39, 0.29) is 48.3 Å². The third kappa shape index (κ3) is 8.66. The molecule has 2 aliphatic rings. The second-order valence-corrected chi connectivity index (χ2v) is 15.4. The van der Waals surface area contributed by atoms with Crippen LogP contribution in [0.15, 0.2) is 54.7 Å². The number of fused-ring (bicyclic) bond motifs is 2. The average molecular weight is 815 g/mol. The van der Waals surface area contributed by atoms with E-state index in [0.717, 1.165) is 64.5 Å². The van der Waals surface area contributed by atoms with Crippen LogP contribution >= 0.6 is 12.4 Å². The SMILES string of the molecule is COC(=O)N[C@H](NC(=O)N1CCC[C@H]1c1nc2nc(-c3ccc4cc(-c5cnc([C@@H]6CCCN6C(=O)[C@@H](NC(=O)OC)C(C)C)[nH]5)ccc4c3)ccc2[nH]1)C(C)C.Cl. The van der Waals surface area contributed by atoms with Crippen LogP contribution in [0, 0.1) is 11.8 Å². The Hall–Kier alpha value is -5.90. The molecule has 308 valence electrons. The van der Waals surface area contributed by atoms with Gasteiger partial charge in [0.1, 0.15) is 23.9 Å². The number of methoxy groups -OCH3 is 2. The van der Waals surface area contributed by atoms with Crippen molar-refractivity contribution in [2.45, 2.75) is 77.7 Å². The van der Waals surface area contributed by atoms with Gasteiger partial charge in [0.15, 0.2) is 5.65 Å². The Morgan fingerprint density at radius 1 is 0.741 bits per heavy atom. The number of pyridine rings is 1. The van der Waals surface area contributed by atoms with E-state index in [4.69, 9.17) is 24.4 Å². The minimum absolute atomic E-state index is 0. The minimum Gasteiger partial charge on any atom is -0.453 e. The van der Waals surface area contributed by atoms with Gasteiger partial charge in [-0.25, -0.2) is 29.3 Å². The largest absolute Gasteiger partial charge is 0.453 e. The van der Waals surface area contributed by atoms with Gasteiger partial charge < -0.3 is 45.2 Å². The highest BCUT2D eigenvalue weighted by atomic mass is 35.5. The number of nitrogens with one attached hydrogen (secondary N) is 5. The monoisotopic (exact) mass is 814 g/mol. The van der Waals surface area contributed by atoms with E-state index in [2.05, 4.69) is 50.2 Å². The first-order valence-electron chi connectivity index (χ1n) is 19.5. The predicted octanol–water partition coefficient (Wildman–Crippen LogP) is 6.82. The number of likely N-dealkylation sites (tertiary alicyclic amines) is 2. The van der Waals surface area contributed by atoms with Crippen molar-refractivity contribution in [3.63, 3.8) is 0 Å². The molecule has 5 amide bonds. The van der Waals surface area contributed by atoms with Crippen LogP contribution < -0.4 is 16.0 Å². The first-order chi connectivity index (χ1) is 27.4. The number of urea groups is 1. The zero-order valence-corrected chi connectivity index (χ0v) is 34.3. The number of rotatable bonds is 10. The van der Waals surface area contributed by atoms with E-state index in [1.54, 1.807) is 16.0 Å². The number of aromatic amines is 2. The molecular formula is C41H51ClN10O6. The van der Waals surface area contributed by atoms with Crippen molar-refractivity contribution in [2.75, 3.05) is 27.3 Å². The highest BCUT2D eigenvalue weighted by molar-refractivity contribution is 5.91. The summed E-state index contributed by atoms with van der Waals surface area (Å²) in [5, 5.41) is 10.4. The summed E-state index contributed by atoms with van der Waals surface area (Å²) in [6.07, 6.45) is 3.16. The number of carbonyl (C=O) groups is 4. The lowest BCUT2D eigenvalue weighted by atomic mass is 10.0. The van der Waals surface area contributed by atoms with E-state index < -0.39 is 24.4 Å². The fourth-order valence-corrected chi connectivity index (χ4v) is 7.71. The second kappa shape index (κ2) is 17.7. The molecule has 4 atom stereocenters. The molecule has 2 fully saturated rings. The smallest absolute Gasteiger partial charge is 0.408 e. The summed E-state index contributed by atoms with van der Waals surface area (Å²) in [6.45, 7) is 8.76. The van der Waals surface area contributed by atoms with Crippen molar-refractivity contribution < 1.29 is 28.7 Å². The fraction of sp³-hybridized carbons (Fsp3) is 0.439. The first-order valence-corrected chi connectivity index (χ1v) is 19.5. The Kier molecular flexibility index (Phi) is 12.7. The molecule has 0 unspecified atom stereocenters. The molecule has 17 heteroatoms. The molecule has 0 radical (unpaired) electrons. The Labute approximate surface area is 342 Å². The van der Waals surface area contributed by atoms with Crippen molar-refractivity contribution in [2.24, 2.45) is 11.8 Å². The number of halogens is 1. The van der Waals surface area contributed by atoms with Gasteiger partial charge in [-0.2, -0.15) is 0 Å². The molecule has 2 saturated heterocycles. The van der Waals surface area contributed by atoms with Gasteiger partial charge in [-0.05, 0) is 72.6 Å². The highest BCUT2D eigenvalue weighted by Crippen LogP contribution is 2.35. The first kappa shape index (κ1) is 41.7. The second-order valence-electron chi connectivity index (χ2n) is 15.4. The number of carbonyl (C=O) groups excluding carboxylic acids is 4. The Balaban J connectivity index is 0.00000567. The summed E-state index contributed by atoms with van der Waals surface area (Å²) in [6, 6.07) is 14.9. The fourth-order valence-electron chi connectivity index (χ4n) is 7.71. The molecule has 5 aromatic rings. The quantitative estimate of drug-likeness (QED) is 0.0939. The number of amides is 5. The number of hydrogen-bond acceptors (Lipinski definition) is 9. The lowest BCUT2D eigenvalue weighted by molar-refractivity contribution is -0.135. The van der Waals surface area contributed by atoms with Gasteiger partial charge in [0.2, 0.25) is 5.91 Å². The van der Waals surface area contributed by atoms with E-state index in [0.29, 0.717) is 30.4 Å². The summed E-state index contributed by atoms with van der Waals surface area (Å²) in [5.74, 6) is 1.07. The molecule has 7 rings (SSSR count). The Bertz CT molecular complexity index is 2290. The molecule has 5 heterocycles. The Morgan fingerprint density at radius 3 is 2.05 bits per heavy atom. The topological polar surface area (TPSA) is 200 Å². The standard InChI is InChI=1S/C41H50N10O6.ClH/c1-22(2)33(46-40(54)56-5)38(52)50-17-7-9-31(50)36-42-21-30(45-36)27-14-12-24-19-26(13-11-25(24)20-27)28-15-16-29-35(43-28)47-37(44-29)32-10-8-18-51(32)39(53)48-34(23(3)4)49-41(55)57-6;/h11-16,19-23,31-34H,7-10,17-18H2,1-6H3,(H,42,45)(H,46,54)(H,48,53)(H,49,55)(H,43,44,47);1H/t31-,32-,33-,34-;/m0./s1. The van der Waals surface area contributed by atoms with E-state index in [1.165, 1.54) is 14.2 Å². The summed E-state index contributed by atoms with van der Waals surface area (Å²) < 4.78 is 9.49. The van der Waals surface area contributed by atoms with E-state index in [1.807, 2.05) is 52.0 Å². The van der Waals surface area contributed by atoms with Crippen LogP contribution in [0.3, 0.4) is 0 Å². The molecule has 0 spiro atoms. The number of hydrogen-bond donors (Lipinski definition) is 5. The lowest BCUT2D eigenvalue weighted by Crippen LogP contribution is -2.54. The zero-order chi connectivity index (χ0) is 40.4. The molecule has 16 nitrogen and oxygen atoms in total. The third-order valence-corrected chi connectivity index (χ3v) is 10.9. The number of imidazole rings is 2. The van der Waals surface area contributed by atoms with E-state index >= 15 is 0 Å². The zero-order valence-electron chi connectivity index (χ0n) is 33.5. The normalized spacial score (nSPS) is 17.7. The van der Waals surface area contributed by atoms with Gasteiger partial charge >= 0.3 is 18.2 Å². The van der Waals surface area contributed by atoms with Gasteiger partial charge in [-0.1, -0.05) is 52.0 Å². The van der Waals surface area contributed by atoms with Gasteiger partial charge in [0.25, 0.3) is 0 Å². The molecule has 0 saturated carbocycles. The van der Waals surface area contributed by atoms with Crippen LogP contribution in [0.2, 0.25) is 0 Å². The summed E-state index contributed by atoms with van der Waals surface area (Å²) in [7, 11) is 2.58. The molecule has 0 aliphatic carbocycles. The van der Waals surface area contributed by atoms with Crippen LogP contribution in [0.5, 0.6) is 0 Å². The number of ether oxygens (including phenoxy) is 2. The number of nitrogens with zero attached hydrogens (tertiary/aromatic N) is 5. The maximum absolute atomic E-state index is 13.6. The summed E-state index contributed by atoms with van der Waals surface area (Å²) in [4.78, 5) is 75.6. The molecule has 5 N–H and O–H groups in total. The van der Waals surface area contributed by atoms with Crippen molar-refractivity contribution in [3.8, 4) is 22.5 Å². The summed E-state index contributed by atoms with van der Waals surface area (Å²) >= 11 is 0. The number of alkyl carbamates (subject to hydrolysis) is 2. The maximum atomic E-state index is 13.6.